The Balaban J connectivity index is 1.43. The molecule has 0 bridgehead atoms. The third-order valence-electron chi connectivity index (χ3n) is 5.70. The quantitative estimate of drug-likeness (QED) is 0.227. The van der Waals surface area contributed by atoms with Gasteiger partial charge in [-0.1, -0.05) is 54.1 Å². The molecule has 6 nitrogen and oxygen atoms in total. The van der Waals surface area contributed by atoms with E-state index in [2.05, 4.69) is 4.98 Å². The summed E-state index contributed by atoms with van der Waals surface area (Å²) in [6, 6.07) is 28.2. The van der Waals surface area contributed by atoms with Crippen LogP contribution in [0.4, 0.5) is 11.5 Å². The van der Waals surface area contributed by atoms with E-state index in [0.717, 1.165) is 22.5 Å². The number of halogens is 1. The number of amidine groups is 1. The normalized spacial score (nSPS) is 15.3. The average molecular weight is 542 g/mol. The number of amides is 1. The predicted octanol–water partition coefficient (Wildman–Crippen LogP) is 7.44. The Morgan fingerprint density at radius 3 is 2.50 bits per heavy atom. The van der Waals surface area contributed by atoms with E-state index in [9.17, 15) is 4.79 Å². The Hall–Kier alpha value is -4.07. The van der Waals surface area contributed by atoms with Crippen LogP contribution in [-0.2, 0) is 11.4 Å². The topological polar surface area (TPSA) is 64.0 Å². The molecule has 0 spiro atoms. The number of thioether (sulfide) groups is 1. The Labute approximate surface area is 230 Å². The van der Waals surface area contributed by atoms with E-state index in [1.54, 1.807) is 12.0 Å². The van der Waals surface area contributed by atoms with Gasteiger partial charge in [-0.25, -0.2) is 9.98 Å². The van der Waals surface area contributed by atoms with E-state index in [-0.39, 0.29) is 5.91 Å². The van der Waals surface area contributed by atoms with E-state index in [4.69, 9.17) is 26.1 Å². The summed E-state index contributed by atoms with van der Waals surface area (Å²) in [5, 5.41) is 1.22. The van der Waals surface area contributed by atoms with Gasteiger partial charge in [-0.15, -0.1) is 0 Å². The minimum absolute atomic E-state index is 0.158. The van der Waals surface area contributed by atoms with Gasteiger partial charge in [0.05, 0.1) is 17.7 Å². The molecule has 0 aliphatic carbocycles. The predicted molar refractivity (Wildman–Crippen MR) is 154 cm³/mol. The van der Waals surface area contributed by atoms with Crippen LogP contribution in [0.15, 0.2) is 101 Å². The number of ether oxygens (including phenoxy) is 2. The number of carbonyl (C=O) groups excluding carboxylic acids is 1. The molecular weight excluding hydrogens is 518 g/mol. The van der Waals surface area contributed by atoms with Gasteiger partial charge in [0.25, 0.3) is 5.91 Å². The van der Waals surface area contributed by atoms with Gasteiger partial charge >= 0.3 is 0 Å². The van der Waals surface area contributed by atoms with Crippen LogP contribution in [0.5, 0.6) is 11.5 Å². The number of para-hydroxylation sites is 1. The zero-order valence-electron chi connectivity index (χ0n) is 20.8. The number of aromatic nitrogens is 1. The second-order valence-corrected chi connectivity index (χ2v) is 9.89. The van der Waals surface area contributed by atoms with Crippen LogP contribution in [-0.4, -0.2) is 23.2 Å². The van der Waals surface area contributed by atoms with Crippen molar-refractivity contribution >= 4 is 52.0 Å². The van der Waals surface area contributed by atoms with Gasteiger partial charge in [0.1, 0.15) is 6.61 Å². The number of methoxy groups -OCH3 is 1. The van der Waals surface area contributed by atoms with Gasteiger partial charge in [0.2, 0.25) is 0 Å². The van der Waals surface area contributed by atoms with Crippen LogP contribution in [0.2, 0.25) is 5.02 Å². The van der Waals surface area contributed by atoms with E-state index in [0.29, 0.717) is 39.0 Å². The first-order valence-electron chi connectivity index (χ1n) is 11.9. The maximum atomic E-state index is 13.6. The fraction of sp³-hybridized carbons (Fsp3) is 0.100. The lowest BCUT2D eigenvalue weighted by Gasteiger charge is -2.15. The zero-order chi connectivity index (χ0) is 26.5. The molecule has 1 aliphatic rings. The number of aryl methyl sites for hydroxylation is 1. The molecule has 1 saturated heterocycles. The van der Waals surface area contributed by atoms with E-state index < -0.39 is 0 Å². The monoisotopic (exact) mass is 541 g/mol. The summed E-state index contributed by atoms with van der Waals surface area (Å²) in [4.78, 5) is 24.9. The van der Waals surface area contributed by atoms with E-state index in [1.165, 1.54) is 11.8 Å². The summed E-state index contributed by atoms with van der Waals surface area (Å²) in [5.41, 5.74) is 3.39. The molecule has 2 heterocycles. The van der Waals surface area contributed by atoms with Gasteiger partial charge in [0, 0.05) is 10.7 Å². The Bertz CT molecular complexity index is 1520. The first-order valence-corrected chi connectivity index (χ1v) is 13.1. The van der Waals surface area contributed by atoms with Crippen LogP contribution in [0.25, 0.3) is 6.08 Å². The molecular formula is C30H24ClN3O3S. The number of rotatable bonds is 7. The van der Waals surface area contributed by atoms with Crippen LogP contribution in [0.1, 0.15) is 16.8 Å². The molecule has 190 valence electrons. The van der Waals surface area contributed by atoms with Crippen molar-refractivity contribution in [3.63, 3.8) is 0 Å². The van der Waals surface area contributed by atoms with Gasteiger partial charge in [-0.2, -0.15) is 0 Å². The molecule has 1 aliphatic heterocycles. The summed E-state index contributed by atoms with van der Waals surface area (Å²) in [6.07, 6.45) is 1.83. The smallest absolute Gasteiger partial charge is 0.271 e. The van der Waals surface area contributed by atoms with E-state index in [1.807, 2.05) is 104 Å². The van der Waals surface area contributed by atoms with Crippen molar-refractivity contribution < 1.29 is 14.3 Å². The molecule has 4 aromatic rings. The first-order chi connectivity index (χ1) is 18.5. The van der Waals surface area contributed by atoms with Gasteiger partial charge in [0.15, 0.2) is 22.5 Å². The van der Waals surface area contributed by atoms with Crippen LogP contribution >= 0.6 is 23.4 Å². The second kappa shape index (κ2) is 11.5. The Morgan fingerprint density at radius 1 is 0.974 bits per heavy atom. The fourth-order valence-corrected chi connectivity index (χ4v) is 4.94. The minimum Gasteiger partial charge on any atom is -0.493 e. The maximum absolute atomic E-state index is 13.6. The molecule has 8 heteroatoms. The van der Waals surface area contributed by atoms with Crippen LogP contribution < -0.4 is 14.4 Å². The molecule has 1 aromatic heterocycles. The largest absolute Gasteiger partial charge is 0.493 e. The highest BCUT2D eigenvalue weighted by Gasteiger charge is 2.34. The van der Waals surface area contributed by atoms with Gasteiger partial charge in [-0.3, -0.25) is 9.69 Å². The van der Waals surface area contributed by atoms with Crippen LogP contribution in [0, 0.1) is 6.92 Å². The van der Waals surface area contributed by atoms with Crippen molar-refractivity contribution in [1.82, 2.24) is 4.98 Å². The third kappa shape index (κ3) is 5.90. The summed E-state index contributed by atoms with van der Waals surface area (Å²) in [6.45, 7) is 2.29. The summed E-state index contributed by atoms with van der Waals surface area (Å²) >= 11 is 7.28. The number of anilines is 1. The van der Waals surface area contributed by atoms with Gasteiger partial charge in [-0.05, 0) is 84.4 Å². The number of hydrogen-bond donors (Lipinski definition) is 0. The number of hydrogen-bond acceptors (Lipinski definition) is 6. The molecule has 0 unspecified atom stereocenters. The van der Waals surface area contributed by atoms with Crippen molar-refractivity contribution in [3.05, 3.63) is 118 Å². The van der Waals surface area contributed by atoms with Crippen molar-refractivity contribution in [1.29, 1.82) is 0 Å². The van der Waals surface area contributed by atoms with Crippen LogP contribution in [0.3, 0.4) is 0 Å². The standard InChI is InChI=1S/C30H24ClN3O3S/c1-20-7-6-10-28(32-20)33-30-34(24-8-4-3-5-9-24)29(35)27(38-30)18-22-13-16-25(26(17-22)36-2)37-19-21-11-14-23(31)15-12-21/h3-18H,19H2,1-2H3/b27-18-,33-30+. The molecule has 5 rings (SSSR count). The number of pyridine rings is 1. The maximum Gasteiger partial charge on any atom is 0.271 e. The highest BCUT2D eigenvalue weighted by molar-refractivity contribution is 8.19. The molecule has 0 radical (unpaired) electrons. The average Bonchev–Trinajstić information content (AvgIpc) is 3.23. The van der Waals surface area contributed by atoms with Crippen molar-refractivity contribution in [2.24, 2.45) is 4.99 Å². The number of benzene rings is 3. The first kappa shape index (κ1) is 25.6. The summed E-state index contributed by atoms with van der Waals surface area (Å²) < 4.78 is 11.5. The van der Waals surface area contributed by atoms with Crippen molar-refractivity contribution in [2.75, 3.05) is 12.0 Å². The minimum atomic E-state index is -0.158. The lowest BCUT2D eigenvalue weighted by atomic mass is 10.1. The van der Waals surface area contributed by atoms with Gasteiger partial charge < -0.3 is 9.47 Å². The molecule has 3 aromatic carbocycles. The highest BCUT2D eigenvalue weighted by atomic mass is 35.5. The van der Waals surface area contributed by atoms with Crippen molar-refractivity contribution in [3.8, 4) is 11.5 Å². The summed E-state index contributed by atoms with van der Waals surface area (Å²) in [5.74, 6) is 1.57. The zero-order valence-corrected chi connectivity index (χ0v) is 22.4. The summed E-state index contributed by atoms with van der Waals surface area (Å²) in [7, 11) is 1.59. The molecule has 1 amide bonds. The molecule has 0 atom stereocenters. The molecule has 1 fully saturated rings. The lowest BCUT2D eigenvalue weighted by Crippen LogP contribution is -2.28. The molecule has 0 N–H and O–H groups in total. The number of aliphatic imine (C=N–C) groups is 1. The second-order valence-electron chi connectivity index (χ2n) is 8.44. The Morgan fingerprint density at radius 2 is 1.76 bits per heavy atom. The molecule has 0 saturated carbocycles. The van der Waals surface area contributed by atoms with E-state index >= 15 is 0 Å². The molecule has 38 heavy (non-hydrogen) atoms. The fourth-order valence-electron chi connectivity index (χ4n) is 3.83. The highest BCUT2D eigenvalue weighted by Crippen LogP contribution is 2.38. The number of nitrogens with zero attached hydrogens (tertiary/aromatic N) is 3. The lowest BCUT2D eigenvalue weighted by molar-refractivity contribution is -0.113. The SMILES string of the molecule is COc1cc(/C=C2\S/C(=N/c3cccc(C)n3)N(c3ccccc3)C2=O)ccc1OCc1ccc(Cl)cc1. The Kier molecular flexibility index (Phi) is 7.77. The third-order valence-corrected chi connectivity index (χ3v) is 6.92. The van der Waals surface area contributed by atoms with Crippen molar-refractivity contribution in [2.45, 2.75) is 13.5 Å². The number of carbonyl (C=O) groups is 1.